The summed E-state index contributed by atoms with van der Waals surface area (Å²) < 4.78 is 15.6. The normalized spacial score (nSPS) is 16.4. The van der Waals surface area contributed by atoms with Crippen molar-refractivity contribution in [2.75, 3.05) is 33.5 Å². The van der Waals surface area contributed by atoms with Gasteiger partial charge in [0.1, 0.15) is 0 Å². The Labute approximate surface area is 163 Å². The van der Waals surface area contributed by atoms with Crippen molar-refractivity contribution in [3.8, 4) is 0 Å². The van der Waals surface area contributed by atoms with Crippen LogP contribution in [0.2, 0.25) is 5.02 Å². The van der Waals surface area contributed by atoms with Crippen molar-refractivity contribution >= 4 is 23.5 Å². The highest BCUT2D eigenvalue weighted by molar-refractivity contribution is 6.31. The third kappa shape index (κ3) is 4.88. The second-order valence-corrected chi connectivity index (χ2v) is 6.05. The molecule has 7 nitrogen and oxygen atoms in total. The standard InChI is InChI=1S/C19H23ClN2O5/c1-3-27-19(24)17-15(11-26-9-8-21)22-10-13(18(23)25-2)16(17)12-6-4-5-7-14(12)20/h4-7,10,16,22H,3,8-9,11,21H2,1-2H3/t16-/m1/s1. The molecular weight excluding hydrogens is 372 g/mol. The Kier molecular flexibility index (Phi) is 7.84. The first-order valence-electron chi connectivity index (χ1n) is 8.52. The van der Waals surface area contributed by atoms with Gasteiger partial charge in [0.25, 0.3) is 0 Å². The molecular formula is C19H23ClN2O5. The molecule has 146 valence electrons. The summed E-state index contributed by atoms with van der Waals surface area (Å²) in [6, 6.07) is 7.01. The molecule has 1 aliphatic rings. The molecule has 1 aromatic carbocycles. The highest BCUT2D eigenvalue weighted by Crippen LogP contribution is 2.40. The smallest absolute Gasteiger partial charge is 0.336 e. The molecule has 0 aromatic heterocycles. The average Bonchev–Trinajstić information content (AvgIpc) is 2.67. The molecule has 1 atom stereocenters. The van der Waals surface area contributed by atoms with E-state index < -0.39 is 17.9 Å². The van der Waals surface area contributed by atoms with E-state index in [1.807, 2.05) is 0 Å². The molecule has 1 heterocycles. The Hall–Kier alpha value is -2.35. The summed E-state index contributed by atoms with van der Waals surface area (Å²) in [7, 11) is 1.28. The second kappa shape index (κ2) is 10.1. The molecule has 0 bridgehead atoms. The SMILES string of the molecule is CCOC(=O)C1=C(COCCN)NC=C(C(=O)OC)[C@H]1c1ccccc1Cl. The van der Waals surface area contributed by atoms with Gasteiger partial charge in [-0.3, -0.25) is 0 Å². The first-order chi connectivity index (χ1) is 13.0. The van der Waals surface area contributed by atoms with Crippen LogP contribution >= 0.6 is 11.6 Å². The molecule has 27 heavy (non-hydrogen) atoms. The van der Waals surface area contributed by atoms with E-state index in [-0.39, 0.29) is 24.4 Å². The number of hydrogen-bond donors (Lipinski definition) is 2. The van der Waals surface area contributed by atoms with Crippen LogP contribution in [0.1, 0.15) is 18.4 Å². The fraction of sp³-hybridized carbons (Fsp3) is 0.368. The molecule has 2 rings (SSSR count). The third-order valence-electron chi connectivity index (χ3n) is 3.97. The lowest BCUT2D eigenvalue weighted by atomic mass is 9.82. The van der Waals surface area contributed by atoms with Crippen LogP contribution in [-0.4, -0.2) is 45.4 Å². The number of carbonyl (C=O) groups excluding carboxylic acids is 2. The lowest BCUT2D eigenvalue weighted by Crippen LogP contribution is -2.32. The van der Waals surface area contributed by atoms with Gasteiger partial charge < -0.3 is 25.3 Å². The van der Waals surface area contributed by atoms with Crippen LogP contribution in [0.4, 0.5) is 0 Å². The number of nitrogens with one attached hydrogen (secondary N) is 1. The van der Waals surface area contributed by atoms with E-state index in [4.69, 9.17) is 31.5 Å². The van der Waals surface area contributed by atoms with Gasteiger partial charge in [0.15, 0.2) is 0 Å². The van der Waals surface area contributed by atoms with Crippen molar-refractivity contribution in [1.82, 2.24) is 5.32 Å². The number of nitrogens with two attached hydrogens (primary N) is 1. The van der Waals surface area contributed by atoms with Crippen LogP contribution < -0.4 is 11.1 Å². The van der Waals surface area contributed by atoms with Crippen molar-refractivity contribution in [3.63, 3.8) is 0 Å². The maximum Gasteiger partial charge on any atom is 0.336 e. The maximum absolute atomic E-state index is 12.8. The number of rotatable bonds is 8. The summed E-state index contributed by atoms with van der Waals surface area (Å²) in [5.74, 6) is -1.88. The van der Waals surface area contributed by atoms with E-state index in [1.54, 1.807) is 31.2 Å². The minimum Gasteiger partial charge on any atom is -0.466 e. The Bertz CT molecular complexity index is 760. The van der Waals surface area contributed by atoms with Crippen molar-refractivity contribution in [2.24, 2.45) is 5.73 Å². The van der Waals surface area contributed by atoms with Gasteiger partial charge in [0.05, 0.1) is 49.7 Å². The molecule has 1 aliphatic heterocycles. The topological polar surface area (TPSA) is 99.9 Å². The molecule has 3 N–H and O–H groups in total. The largest absolute Gasteiger partial charge is 0.466 e. The monoisotopic (exact) mass is 394 g/mol. The number of dihydropyridines is 1. The highest BCUT2D eigenvalue weighted by atomic mass is 35.5. The fourth-order valence-electron chi connectivity index (χ4n) is 2.81. The van der Waals surface area contributed by atoms with Crippen LogP contribution in [0, 0.1) is 0 Å². The first kappa shape index (κ1) is 21.0. The van der Waals surface area contributed by atoms with Crippen molar-refractivity contribution in [3.05, 3.63) is 57.9 Å². The molecule has 8 heteroatoms. The van der Waals surface area contributed by atoms with E-state index >= 15 is 0 Å². The van der Waals surface area contributed by atoms with Crippen LogP contribution in [0.3, 0.4) is 0 Å². The summed E-state index contributed by atoms with van der Waals surface area (Å²) in [5.41, 5.74) is 7.04. The van der Waals surface area contributed by atoms with E-state index in [9.17, 15) is 9.59 Å². The predicted octanol–water partition coefficient (Wildman–Crippen LogP) is 1.88. The van der Waals surface area contributed by atoms with Gasteiger partial charge in [-0.1, -0.05) is 29.8 Å². The zero-order chi connectivity index (χ0) is 19.8. The lowest BCUT2D eigenvalue weighted by Gasteiger charge is -2.29. The van der Waals surface area contributed by atoms with Crippen molar-refractivity contribution in [1.29, 1.82) is 0 Å². The average molecular weight is 395 g/mol. The molecule has 0 unspecified atom stereocenters. The number of ether oxygens (including phenoxy) is 3. The molecule has 0 radical (unpaired) electrons. The highest BCUT2D eigenvalue weighted by Gasteiger charge is 2.37. The molecule has 0 saturated carbocycles. The number of halogens is 1. The fourth-order valence-corrected chi connectivity index (χ4v) is 3.05. The quantitative estimate of drug-likeness (QED) is 0.513. The lowest BCUT2D eigenvalue weighted by molar-refractivity contribution is -0.139. The van der Waals surface area contributed by atoms with E-state index in [2.05, 4.69) is 5.32 Å². The van der Waals surface area contributed by atoms with Gasteiger partial charge in [-0.25, -0.2) is 9.59 Å². The van der Waals surface area contributed by atoms with Gasteiger partial charge in [-0.2, -0.15) is 0 Å². The molecule has 0 saturated heterocycles. The minimum absolute atomic E-state index is 0.108. The van der Waals surface area contributed by atoms with Gasteiger partial charge in [-0.15, -0.1) is 0 Å². The first-order valence-corrected chi connectivity index (χ1v) is 8.90. The second-order valence-electron chi connectivity index (χ2n) is 5.64. The number of benzene rings is 1. The number of methoxy groups -OCH3 is 1. The van der Waals surface area contributed by atoms with Gasteiger partial charge in [0, 0.05) is 17.8 Å². The van der Waals surface area contributed by atoms with Crippen LogP contribution in [0.25, 0.3) is 0 Å². The summed E-state index contributed by atoms with van der Waals surface area (Å²) in [4.78, 5) is 25.1. The molecule has 0 aliphatic carbocycles. The summed E-state index contributed by atoms with van der Waals surface area (Å²) in [5, 5.41) is 3.38. The Morgan fingerprint density at radius 3 is 2.63 bits per heavy atom. The van der Waals surface area contributed by atoms with Crippen LogP contribution in [-0.2, 0) is 23.8 Å². The Morgan fingerprint density at radius 2 is 2.00 bits per heavy atom. The summed E-state index contributed by atoms with van der Waals surface area (Å²) >= 11 is 6.37. The Balaban J connectivity index is 2.59. The third-order valence-corrected chi connectivity index (χ3v) is 4.31. The van der Waals surface area contributed by atoms with Gasteiger partial charge in [0.2, 0.25) is 0 Å². The number of hydrogen-bond acceptors (Lipinski definition) is 7. The van der Waals surface area contributed by atoms with Crippen molar-refractivity contribution in [2.45, 2.75) is 12.8 Å². The minimum atomic E-state index is -0.747. The van der Waals surface area contributed by atoms with Crippen molar-refractivity contribution < 1.29 is 23.8 Å². The van der Waals surface area contributed by atoms with Crippen LogP contribution in [0.15, 0.2) is 47.3 Å². The number of carbonyl (C=O) groups is 2. The molecule has 0 spiro atoms. The predicted molar refractivity (Wildman–Crippen MR) is 101 cm³/mol. The van der Waals surface area contributed by atoms with Crippen LogP contribution in [0.5, 0.6) is 0 Å². The maximum atomic E-state index is 12.8. The summed E-state index contributed by atoms with van der Waals surface area (Å²) in [6.45, 7) is 2.68. The zero-order valence-electron chi connectivity index (χ0n) is 15.3. The van der Waals surface area contributed by atoms with Gasteiger partial charge in [-0.05, 0) is 18.6 Å². The number of esters is 2. The van der Waals surface area contributed by atoms with E-state index in [1.165, 1.54) is 13.3 Å². The Morgan fingerprint density at radius 1 is 1.26 bits per heavy atom. The van der Waals surface area contributed by atoms with E-state index in [0.29, 0.717) is 29.4 Å². The van der Waals surface area contributed by atoms with Gasteiger partial charge >= 0.3 is 11.9 Å². The van der Waals surface area contributed by atoms with E-state index in [0.717, 1.165) is 0 Å². The molecule has 0 fully saturated rings. The summed E-state index contributed by atoms with van der Waals surface area (Å²) in [6.07, 6.45) is 1.50. The molecule has 1 aromatic rings. The molecule has 0 amide bonds. The zero-order valence-corrected chi connectivity index (χ0v) is 16.0.